The zero-order valence-electron chi connectivity index (χ0n) is 14.6. The van der Waals surface area contributed by atoms with Crippen LogP contribution in [0.25, 0.3) is 0 Å². The van der Waals surface area contributed by atoms with Crippen LogP contribution in [0.5, 0.6) is 0 Å². The summed E-state index contributed by atoms with van der Waals surface area (Å²) >= 11 is 6.08. The molecular weight excluding hydrogens is 352 g/mol. The minimum absolute atomic E-state index is 0.0292. The maximum Gasteiger partial charge on any atom is 0.229 e. The van der Waals surface area contributed by atoms with Gasteiger partial charge in [0.15, 0.2) is 5.78 Å². The molecule has 1 fully saturated rings. The van der Waals surface area contributed by atoms with Crippen molar-refractivity contribution in [2.24, 2.45) is 5.92 Å². The van der Waals surface area contributed by atoms with E-state index in [1.807, 2.05) is 6.92 Å². The molecule has 2 aromatic carbocycles. The molecule has 1 saturated heterocycles. The Morgan fingerprint density at radius 2 is 1.85 bits per heavy atom. The number of carbonyl (C=O) groups excluding carboxylic acids is 3. The number of anilines is 2. The van der Waals surface area contributed by atoms with Gasteiger partial charge in [-0.2, -0.15) is 0 Å². The Kier molecular flexibility index (Phi) is 5.09. The summed E-state index contributed by atoms with van der Waals surface area (Å²) in [5.41, 5.74) is 2.73. The maximum atomic E-state index is 12.6. The number of rotatable bonds is 4. The second-order valence-electron chi connectivity index (χ2n) is 6.41. The van der Waals surface area contributed by atoms with E-state index in [9.17, 15) is 14.4 Å². The monoisotopic (exact) mass is 370 g/mol. The molecular formula is C20H19ClN2O3. The molecule has 0 saturated carbocycles. The quantitative estimate of drug-likeness (QED) is 0.831. The zero-order valence-corrected chi connectivity index (χ0v) is 15.3. The lowest BCUT2D eigenvalue weighted by Crippen LogP contribution is -2.28. The van der Waals surface area contributed by atoms with Crippen molar-refractivity contribution in [2.75, 3.05) is 16.8 Å². The molecule has 3 rings (SSSR count). The molecule has 0 radical (unpaired) electrons. The van der Waals surface area contributed by atoms with Gasteiger partial charge in [0, 0.05) is 34.9 Å². The summed E-state index contributed by atoms with van der Waals surface area (Å²) in [5, 5.41) is 3.44. The van der Waals surface area contributed by atoms with Gasteiger partial charge in [-0.25, -0.2) is 0 Å². The predicted octanol–water partition coefficient (Wildman–Crippen LogP) is 3.84. The molecule has 0 spiro atoms. The van der Waals surface area contributed by atoms with Crippen molar-refractivity contribution in [3.05, 3.63) is 58.6 Å². The first-order chi connectivity index (χ1) is 12.4. The molecule has 2 amide bonds. The molecule has 6 heteroatoms. The van der Waals surface area contributed by atoms with E-state index in [4.69, 9.17) is 11.6 Å². The molecule has 134 valence electrons. The largest absolute Gasteiger partial charge is 0.325 e. The third-order valence-corrected chi connectivity index (χ3v) is 5.02. The molecule has 1 unspecified atom stereocenters. The van der Waals surface area contributed by atoms with Crippen LogP contribution in [-0.2, 0) is 9.59 Å². The van der Waals surface area contributed by atoms with Gasteiger partial charge in [0.1, 0.15) is 0 Å². The Balaban J connectivity index is 1.71. The van der Waals surface area contributed by atoms with Gasteiger partial charge in [-0.05, 0) is 55.8 Å². The van der Waals surface area contributed by atoms with E-state index in [0.717, 1.165) is 5.56 Å². The van der Waals surface area contributed by atoms with Crippen LogP contribution in [0.4, 0.5) is 11.4 Å². The molecule has 26 heavy (non-hydrogen) atoms. The highest BCUT2D eigenvalue weighted by molar-refractivity contribution is 6.31. The topological polar surface area (TPSA) is 66.5 Å². The van der Waals surface area contributed by atoms with E-state index in [-0.39, 0.29) is 24.0 Å². The predicted molar refractivity (Wildman–Crippen MR) is 102 cm³/mol. The van der Waals surface area contributed by atoms with Crippen LogP contribution in [-0.4, -0.2) is 24.1 Å². The summed E-state index contributed by atoms with van der Waals surface area (Å²) < 4.78 is 0. The lowest BCUT2D eigenvalue weighted by molar-refractivity contribution is -0.122. The number of nitrogens with zero attached hydrogens (tertiary/aromatic N) is 1. The number of benzene rings is 2. The van der Waals surface area contributed by atoms with Crippen LogP contribution in [0.2, 0.25) is 5.02 Å². The maximum absolute atomic E-state index is 12.6. The minimum atomic E-state index is -0.437. The third kappa shape index (κ3) is 3.63. The average Bonchev–Trinajstić information content (AvgIpc) is 3.01. The van der Waals surface area contributed by atoms with Gasteiger partial charge >= 0.3 is 0 Å². The van der Waals surface area contributed by atoms with E-state index >= 15 is 0 Å². The van der Waals surface area contributed by atoms with Crippen LogP contribution < -0.4 is 10.2 Å². The Morgan fingerprint density at radius 1 is 1.15 bits per heavy atom. The SMILES string of the molecule is CC(=O)c1ccc(N2CC(C(=O)Nc3cccc(Cl)c3C)CC2=O)cc1. The lowest BCUT2D eigenvalue weighted by atomic mass is 10.1. The molecule has 1 N–H and O–H groups in total. The van der Waals surface area contributed by atoms with Crippen molar-refractivity contribution < 1.29 is 14.4 Å². The number of carbonyl (C=O) groups is 3. The fraction of sp³-hybridized carbons (Fsp3) is 0.250. The normalized spacial score (nSPS) is 16.7. The van der Waals surface area contributed by atoms with Crippen LogP contribution in [0.1, 0.15) is 29.3 Å². The summed E-state index contributed by atoms with van der Waals surface area (Å²) in [6.07, 6.45) is 0.153. The summed E-state index contributed by atoms with van der Waals surface area (Å²) in [5.74, 6) is -0.776. The summed E-state index contributed by atoms with van der Waals surface area (Å²) in [4.78, 5) is 37.9. The van der Waals surface area contributed by atoms with Crippen molar-refractivity contribution in [1.29, 1.82) is 0 Å². The van der Waals surface area contributed by atoms with Gasteiger partial charge in [-0.1, -0.05) is 17.7 Å². The van der Waals surface area contributed by atoms with Crippen LogP contribution in [0.3, 0.4) is 0 Å². The summed E-state index contributed by atoms with van der Waals surface area (Å²) in [6, 6.07) is 12.2. The number of hydrogen-bond donors (Lipinski definition) is 1. The summed E-state index contributed by atoms with van der Waals surface area (Å²) in [7, 11) is 0. The number of amides is 2. The standard InChI is InChI=1S/C20H19ClN2O3/c1-12-17(21)4-3-5-18(12)22-20(26)15-10-19(25)23(11-15)16-8-6-14(7-9-16)13(2)24/h3-9,15H,10-11H2,1-2H3,(H,22,26). The first kappa shape index (κ1) is 18.1. The second kappa shape index (κ2) is 7.30. The van der Waals surface area contributed by atoms with Crippen LogP contribution >= 0.6 is 11.6 Å². The van der Waals surface area contributed by atoms with Gasteiger partial charge in [-0.3, -0.25) is 14.4 Å². The van der Waals surface area contributed by atoms with Gasteiger partial charge in [0.2, 0.25) is 11.8 Å². The Morgan fingerprint density at radius 3 is 2.50 bits per heavy atom. The highest BCUT2D eigenvalue weighted by Crippen LogP contribution is 2.28. The van der Waals surface area contributed by atoms with Crippen molar-refractivity contribution in [2.45, 2.75) is 20.3 Å². The number of halogens is 1. The number of hydrogen-bond acceptors (Lipinski definition) is 3. The van der Waals surface area contributed by atoms with Crippen molar-refractivity contribution >= 4 is 40.6 Å². The van der Waals surface area contributed by atoms with Crippen LogP contribution in [0, 0.1) is 12.8 Å². The van der Waals surface area contributed by atoms with E-state index in [1.54, 1.807) is 47.4 Å². The van der Waals surface area contributed by atoms with Crippen molar-refractivity contribution in [3.8, 4) is 0 Å². The molecule has 1 aliphatic rings. The van der Waals surface area contributed by atoms with E-state index < -0.39 is 5.92 Å². The van der Waals surface area contributed by atoms with Gasteiger partial charge < -0.3 is 10.2 Å². The van der Waals surface area contributed by atoms with Crippen molar-refractivity contribution in [3.63, 3.8) is 0 Å². The van der Waals surface area contributed by atoms with Crippen molar-refractivity contribution in [1.82, 2.24) is 0 Å². The molecule has 1 heterocycles. The molecule has 0 aliphatic carbocycles. The molecule has 1 atom stereocenters. The highest BCUT2D eigenvalue weighted by Gasteiger charge is 2.35. The number of nitrogens with one attached hydrogen (secondary N) is 1. The van der Waals surface area contributed by atoms with E-state index in [1.165, 1.54) is 6.92 Å². The Labute approximate surface area is 156 Å². The molecule has 5 nitrogen and oxygen atoms in total. The lowest BCUT2D eigenvalue weighted by Gasteiger charge is -2.17. The van der Waals surface area contributed by atoms with Gasteiger partial charge in [0.25, 0.3) is 0 Å². The molecule has 1 aliphatic heterocycles. The van der Waals surface area contributed by atoms with E-state index in [0.29, 0.717) is 28.5 Å². The second-order valence-corrected chi connectivity index (χ2v) is 6.82. The van der Waals surface area contributed by atoms with Gasteiger partial charge in [-0.15, -0.1) is 0 Å². The molecule has 2 aromatic rings. The van der Waals surface area contributed by atoms with E-state index in [2.05, 4.69) is 5.32 Å². The first-order valence-electron chi connectivity index (χ1n) is 8.34. The third-order valence-electron chi connectivity index (χ3n) is 4.61. The fourth-order valence-electron chi connectivity index (χ4n) is 2.99. The average molecular weight is 371 g/mol. The molecule has 0 aromatic heterocycles. The first-order valence-corrected chi connectivity index (χ1v) is 8.72. The Hall–Kier alpha value is -2.66. The minimum Gasteiger partial charge on any atom is -0.325 e. The number of ketones is 1. The molecule has 0 bridgehead atoms. The highest BCUT2D eigenvalue weighted by atomic mass is 35.5. The Bertz CT molecular complexity index is 877. The summed E-state index contributed by atoms with van der Waals surface area (Å²) in [6.45, 7) is 3.64. The fourth-order valence-corrected chi connectivity index (χ4v) is 3.16. The van der Waals surface area contributed by atoms with Gasteiger partial charge in [0.05, 0.1) is 5.92 Å². The smallest absolute Gasteiger partial charge is 0.229 e. The number of Topliss-reactive ketones (excluding diaryl/α,β-unsaturated/α-hetero) is 1. The van der Waals surface area contributed by atoms with Crippen LogP contribution in [0.15, 0.2) is 42.5 Å². The zero-order chi connectivity index (χ0) is 18.8.